The molecule has 2 fully saturated rings. The molecular weight excluding hydrogens is 535 g/mol. The molecule has 42 heavy (non-hydrogen) atoms. The highest BCUT2D eigenvalue weighted by molar-refractivity contribution is 6.00. The highest BCUT2D eigenvalue weighted by atomic mass is 19.1. The van der Waals surface area contributed by atoms with Gasteiger partial charge >= 0.3 is 0 Å². The summed E-state index contributed by atoms with van der Waals surface area (Å²) >= 11 is 0. The molecule has 5 aromatic rings. The molecule has 1 saturated heterocycles. The Labute approximate surface area is 242 Å². The minimum atomic E-state index is -1.14. The van der Waals surface area contributed by atoms with E-state index in [1.165, 1.54) is 17.7 Å². The smallest absolute Gasteiger partial charge is 0.254 e. The van der Waals surface area contributed by atoms with E-state index in [0.717, 1.165) is 46.0 Å². The zero-order valence-corrected chi connectivity index (χ0v) is 24.1. The number of ether oxygens (including phenoxy) is 1. The number of methoxy groups -OCH3 is 1. The molecule has 2 atom stereocenters. The van der Waals surface area contributed by atoms with Crippen molar-refractivity contribution in [3.63, 3.8) is 0 Å². The second-order valence-corrected chi connectivity index (χ2v) is 11.8. The molecule has 2 aliphatic rings. The molecule has 1 amide bonds. The van der Waals surface area contributed by atoms with Gasteiger partial charge in [-0.3, -0.25) is 9.48 Å². The first-order valence-electron chi connectivity index (χ1n) is 14.5. The van der Waals surface area contributed by atoms with Crippen molar-refractivity contribution in [3.8, 4) is 17.3 Å². The number of nitrogens with two attached hydrogens (primary N) is 1. The topological polar surface area (TPSA) is 109 Å². The number of alkyl halides is 1. The number of pyridine rings is 1. The van der Waals surface area contributed by atoms with Crippen LogP contribution in [0.4, 0.5) is 4.39 Å². The number of likely N-dealkylation sites (tertiary alicyclic amines) is 1. The zero-order chi connectivity index (χ0) is 29.1. The van der Waals surface area contributed by atoms with Crippen LogP contribution in [0.5, 0.6) is 5.75 Å². The first kappa shape index (κ1) is 26.6. The molecule has 0 spiro atoms. The van der Waals surface area contributed by atoms with Gasteiger partial charge in [0.15, 0.2) is 5.82 Å². The van der Waals surface area contributed by atoms with Crippen LogP contribution in [-0.4, -0.2) is 72.1 Å². The Morgan fingerprint density at radius 1 is 1.17 bits per heavy atom. The Hall–Kier alpha value is -4.25. The van der Waals surface area contributed by atoms with Crippen LogP contribution >= 0.6 is 0 Å². The lowest BCUT2D eigenvalue weighted by Crippen LogP contribution is -2.50. The number of rotatable bonds is 7. The molecule has 1 aromatic carbocycles. The van der Waals surface area contributed by atoms with Gasteiger partial charge in [-0.15, -0.1) is 0 Å². The van der Waals surface area contributed by atoms with E-state index in [9.17, 15) is 9.18 Å². The maximum absolute atomic E-state index is 14.3. The molecule has 7 rings (SSSR count). The normalized spacial score (nSPS) is 19.2. The van der Waals surface area contributed by atoms with Crippen molar-refractivity contribution in [3.05, 3.63) is 59.5 Å². The highest BCUT2D eigenvalue weighted by Crippen LogP contribution is 2.38. The number of halogens is 1. The molecule has 1 saturated carbocycles. The number of amides is 1. The van der Waals surface area contributed by atoms with E-state index in [-0.39, 0.29) is 18.9 Å². The fourth-order valence-electron chi connectivity index (χ4n) is 6.27. The summed E-state index contributed by atoms with van der Waals surface area (Å²) in [6.07, 6.45) is 3.35. The number of nitrogens with zero attached hydrogens (tertiary/aromatic N) is 7. The van der Waals surface area contributed by atoms with Gasteiger partial charge in [-0.05, 0) is 68.5 Å². The van der Waals surface area contributed by atoms with E-state index in [2.05, 4.69) is 32.4 Å². The molecule has 1 unspecified atom stereocenters. The van der Waals surface area contributed by atoms with Gasteiger partial charge in [0.05, 0.1) is 42.8 Å². The molecule has 4 aromatic heterocycles. The van der Waals surface area contributed by atoms with Gasteiger partial charge in [-0.1, -0.05) is 0 Å². The van der Waals surface area contributed by atoms with Crippen molar-refractivity contribution >= 4 is 28.0 Å². The number of aryl methyl sites for hydroxylation is 2. The summed E-state index contributed by atoms with van der Waals surface area (Å²) < 4.78 is 26.5. The van der Waals surface area contributed by atoms with Gasteiger partial charge in [0.2, 0.25) is 0 Å². The predicted molar refractivity (Wildman–Crippen MR) is 158 cm³/mol. The zero-order valence-electron chi connectivity index (χ0n) is 24.1. The molecular formula is C31H35FN8O2. The number of imidazole rings is 1. The maximum atomic E-state index is 14.3. The number of aromatic nitrogens is 6. The van der Waals surface area contributed by atoms with E-state index in [0.29, 0.717) is 35.8 Å². The number of fused-ring (bicyclic) bond motifs is 2. The molecule has 1 aliphatic carbocycles. The van der Waals surface area contributed by atoms with Crippen LogP contribution in [0.1, 0.15) is 41.0 Å². The van der Waals surface area contributed by atoms with Crippen LogP contribution in [0.2, 0.25) is 0 Å². The Balaban J connectivity index is 1.42. The lowest BCUT2D eigenvalue weighted by molar-refractivity contribution is 0.0606. The van der Waals surface area contributed by atoms with Crippen molar-refractivity contribution < 1.29 is 13.9 Å². The molecule has 0 radical (unpaired) electrons. The third-order valence-electron chi connectivity index (χ3n) is 8.43. The number of benzene rings is 1. The minimum absolute atomic E-state index is 0.0285. The Morgan fingerprint density at radius 2 is 2.00 bits per heavy atom. The van der Waals surface area contributed by atoms with Gasteiger partial charge in [0.25, 0.3) is 5.91 Å². The van der Waals surface area contributed by atoms with Crippen molar-refractivity contribution in [1.29, 1.82) is 0 Å². The second kappa shape index (κ2) is 10.2. The van der Waals surface area contributed by atoms with Crippen LogP contribution in [0.15, 0.2) is 42.6 Å². The molecule has 5 heterocycles. The maximum Gasteiger partial charge on any atom is 0.254 e. The van der Waals surface area contributed by atoms with E-state index in [1.54, 1.807) is 19.2 Å². The summed E-state index contributed by atoms with van der Waals surface area (Å²) in [6.45, 7) is 3.68. The van der Waals surface area contributed by atoms with Gasteiger partial charge in [-0.25, -0.2) is 14.4 Å². The molecule has 1 aliphatic heterocycles. The third kappa shape index (κ3) is 4.71. The Morgan fingerprint density at radius 3 is 2.71 bits per heavy atom. The standard InChI is InChI=1S/C31H35FN8O2/c1-18-9-24(37(2)36-18)17-40-28-25(10-21(12-27(28)42-3)31(41)38-15-22(32)13-23(33)16-38)35-30(40)26-11-20-5-4-8-34-29(20)39(26)14-19-6-7-19/h4-5,8-12,19,22-23H,6-7,13-17,33H2,1-3H3/t22-,23?/m1/s1. The molecule has 218 valence electrons. The first-order valence-corrected chi connectivity index (χ1v) is 14.5. The van der Waals surface area contributed by atoms with Crippen LogP contribution in [0.25, 0.3) is 33.6 Å². The van der Waals surface area contributed by atoms with Gasteiger partial charge in [0.1, 0.15) is 23.1 Å². The van der Waals surface area contributed by atoms with E-state index >= 15 is 0 Å². The quantitative estimate of drug-likeness (QED) is 0.316. The van der Waals surface area contributed by atoms with Gasteiger partial charge < -0.3 is 24.5 Å². The number of piperidine rings is 1. The van der Waals surface area contributed by atoms with Crippen LogP contribution < -0.4 is 10.5 Å². The number of carbonyl (C=O) groups is 1. The second-order valence-electron chi connectivity index (χ2n) is 11.8. The van der Waals surface area contributed by atoms with Crippen molar-refractivity contribution in [2.75, 3.05) is 20.2 Å². The molecule has 2 N–H and O–H groups in total. The highest BCUT2D eigenvalue weighted by Gasteiger charge is 2.31. The van der Waals surface area contributed by atoms with Gasteiger partial charge in [0, 0.05) is 43.3 Å². The SMILES string of the molecule is COc1cc(C(=O)N2CC(N)C[C@@H](F)C2)cc2nc(-c3cc4cccnc4n3CC3CC3)n(Cc3cc(C)nn3C)c12. The van der Waals surface area contributed by atoms with Crippen molar-refractivity contribution in [2.45, 2.75) is 51.5 Å². The van der Waals surface area contributed by atoms with Crippen molar-refractivity contribution in [2.24, 2.45) is 18.7 Å². The number of hydrogen-bond donors (Lipinski definition) is 1. The summed E-state index contributed by atoms with van der Waals surface area (Å²) in [5, 5.41) is 5.61. The van der Waals surface area contributed by atoms with E-state index in [1.807, 2.05) is 30.9 Å². The monoisotopic (exact) mass is 570 g/mol. The molecule has 10 nitrogen and oxygen atoms in total. The average molecular weight is 571 g/mol. The largest absolute Gasteiger partial charge is 0.494 e. The molecule has 0 bridgehead atoms. The summed E-state index contributed by atoms with van der Waals surface area (Å²) in [7, 11) is 3.53. The fraction of sp³-hybridized carbons (Fsp3) is 0.419. The van der Waals surface area contributed by atoms with Crippen LogP contribution in [0, 0.1) is 12.8 Å². The van der Waals surface area contributed by atoms with E-state index < -0.39 is 12.2 Å². The lowest BCUT2D eigenvalue weighted by atomic mass is 10.0. The average Bonchev–Trinajstić information content (AvgIpc) is 3.49. The Kier molecular flexibility index (Phi) is 6.49. The third-order valence-corrected chi connectivity index (χ3v) is 8.43. The van der Waals surface area contributed by atoms with Crippen LogP contribution in [-0.2, 0) is 20.1 Å². The summed E-state index contributed by atoms with van der Waals surface area (Å²) in [5.41, 5.74) is 11.7. The fourth-order valence-corrected chi connectivity index (χ4v) is 6.27. The summed E-state index contributed by atoms with van der Waals surface area (Å²) in [4.78, 5) is 25.0. The lowest BCUT2D eigenvalue weighted by Gasteiger charge is -2.33. The number of hydrogen-bond acceptors (Lipinski definition) is 6. The molecule has 11 heteroatoms. The summed E-state index contributed by atoms with van der Waals surface area (Å²) in [6, 6.07) is 11.4. The van der Waals surface area contributed by atoms with Crippen molar-refractivity contribution in [1.82, 2.24) is 33.8 Å². The van der Waals surface area contributed by atoms with Gasteiger partial charge in [-0.2, -0.15) is 5.10 Å². The summed E-state index contributed by atoms with van der Waals surface area (Å²) in [5.74, 6) is 1.62. The number of carbonyl (C=O) groups excluding carboxylic acids is 1. The van der Waals surface area contributed by atoms with E-state index in [4.69, 9.17) is 20.4 Å². The Bertz CT molecular complexity index is 1810. The van der Waals surface area contributed by atoms with Crippen LogP contribution in [0.3, 0.4) is 0 Å². The first-order chi connectivity index (χ1) is 20.3. The predicted octanol–water partition coefficient (Wildman–Crippen LogP) is 4.07. The minimum Gasteiger partial charge on any atom is -0.494 e.